The van der Waals surface area contributed by atoms with Crippen molar-refractivity contribution >= 4 is 5.69 Å². The van der Waals surface area contributed by atoms with Crippen molar-refractivity contribution in [2.24, 2.45) is 11.7 Å². The van der Waals surface area contributed by atoms with E-state index in [1.807, 2.05) is 0 Å². The second kappa shape index (κ2) is 2.80. The van der Waals surface area contributed by atoms with Crippen LogP contribution < -0.4 is 11.1 Å². The normalized spacial score (nSPS) is 33.1. The first-order valence-electron chi connectivity index (χ1n) is 6.43. The van der Waals surface area contributed by atoms with Gasteiger partial charge in [0.05, 0.1) is 0 Å². The smallest absolute Gasteiger partial charge is 0.0411 e. The summed E-state index contributed by atoms with van der Waals surface area (Å²) in [6.07, 6.45) is 6.33. The molecule has 0 radical (unpaired) electrons. The van der Waals surface area contributed by atoms with Gasteiger partial charge in [-0.25, -0.2) is 0 Å². The molecule has 1 aromatic rings. The average Bonchev–Trinajstić information content (AvgIpc) is 3.00. The molecule has 3 N–H and O–H groups in total. The maximum atomic E-state index is 6.26. The van der Waals surface area contributed by atoms with Gasteiger partial charge in [0, 0.05) is 17.3 Å². The Balaban J connectivity index is 1.72. The highest BCUT2D eigenvalue weighted by Crippen LogP contribution is 2.45. The van der Waals surface area contributed by atoms with Crippen molar-refractivity contribution in [3.8, 4) is 0 Å². The Labute approximate surface area is 96.2 Å². The summed E-state index contributed by atoms with van der Waals surface area (Å²) in [5.41, 5.74) is 10.5. The van der Waals surface area contributed by atoms with Crippen LogP contribution in [0.4, 0.5) is 5.69 Å². The number of hydrogen-bond donors (Lipinski definition) is 2. The molecule has 0 saturated heterocycles. The maximum absolute atomic E-state index is 6.26. The maximum Gasteiger partial charge on any atom is 0.0411 e. The van der Waals surface area contributed by atoms with Crippen LogP contribution in [0.25, 0.3) is 0 Å². The zero-order chi connectivity index (χ0) is 10.8. The summed E-state index contributed by atoms with van der Waals surface area (Å²) in [6, 6.07) is 7.57. The molecular formula is C14H18N2. The van der Waals surface area contributed by atoms with Gasteiger partial charge in [-0.3, -0.25) is 0 Å². The van der Waals surface area contributed by atoms with Crippen LogP contribution in [-0.4, -0.2) is 6.04 Å². The fraction of sp³-hybridized carbons (Fsp3) is 0.571. The molecule has 2 nitrogen and oxygen atoms in total. The molecular weight excluding hydrogens is 196 g/mol. The van der Waals surface area contributed by atoms with E-state index in [9.17, 15) is 0 Å². The van der Waals surface area contributed by atoms with Gasteiger partial charge in [0.1, 0.15) is 0 Å². The summed E-state index contributed by atoms with van der Waals surface area (Å²) in [7, 11) is 0. The molecule has 0 amide bonds. The van der Waals surface area contributed by atoms with Gasteiger partial charge in [-0.2, -0.15) is 0 Å². The highest BCUT2D eigenvalue weighted by atomic mass is 15.0. The lowest BCUT2D eigenvalue weighted by atomic mass is 9.73. The van der Waals surface area contributed by atoms with E-state index in [1.165, 1.54) is 36.1 Å². The molecule has 2 atom stereocenters. The van der Waals surface area contributed by atoms with Crippen LogP contribution in [0.1, 0.15) is 36.8 Å². The van der Waals surface area contributed by atoms with Crippen LogP contribution in [0, 0.1) is 5.92 Å². The number of benzene rings is 1. The number of fused-ring (bicyclic) bond motifs is 2. The van der Waals surface area contributed by atoms with Crippen LogP contribution in [-0.2, 0) is 12.0 Å². The molecule has 84 valence electrons. The fourth-order valence-corrected chi connectivity index (χ4v) is 3.12. The molecule has 2 fully saturated rings. The Bertz CT molecular complexity index is 448. The zero-order valence-corrected chi connectivity index (χ0v) is 9.50. The van der Waals surface area contributed by atoms with Gasteiger partial charge < -0.3 is 11.1 Å². The summed E-state index contributed by atoms with van der Waals surface area (Å²) in [5.74, 6) is 0.885. The van der Waals surface area contributed by atoms with Crippen LogP contribution in [0.15, 0.2) is 18.2 Å². The molecule has 1 aliphatic heterocycles. The van der Waals surface area contributed by atoms with E-state index in [4.69, 9.17) is 5.73 Å². The number of hydrogen-bond acceptors (Lipinski definition) is 2. The standard InChI is InChI=1S/C14H18N2/c15-14(5-6-14)11-2-4-13-10(8-11)7-9-1-3-12(9)16-13/h2,4,8-9,12,16H,1,3,5-7,15H2. The van der Waals surface area contributed by atoms with Crippen molar-refractivity contribution < 1.29 is 0 Å². The highest BCUT2D eigenvalue weighted by molar-refractivity contribution is 5.57. The van der Waals surface area contributed by atoms with Gasteiger partial charge in [0.15, 0.2) is 0 Å². The number of rotatable bonds is 1. The number of anilines is 1. The fourth-order valence-electron chi connectivity index (χ4n) is 3.12. The lowest BCUT2D eigenvalue weighted by molar-refractivity contribution is 0.266. The first-order valence-corrected chi connectivity index (χ1v) is 6.43. The molecule has 2 unspecified atom stereocenters. The third-order valence-electron chi connectivity index (χ3n) is 4.71. The van der Waals surface area contributed by atoms with Crippen LogP contribution in [0.2, 0.25) is 0 Å². The molecule has 2 saturated carbocycles. The molecule has 3 aliphatic rings. The van der Waals surface area contributed by atoms with E-state index in [0.717, 1.165) is 24.8 Å². The minimum Gasteiger partial charge on any atom is -0.382 e. The highest BCUT2D eigenvalue weighted by Gasteiger charge is 2.41. The molecule has 2 heteroatoms. The summed E-state index contributed by atoms with van der Waals surface area (Å²) in [6.45, 7) is 0. The first kappa shape index (κ1) is 9.06. The molecule has 1 heterocycles. The lowest BCUT2D eigenvalue weighted by Crippen LogP contribution is -2.42. The lowest BCUT2D eigenvalue weighted by Gasteiger charge is -2.42. The van der Waals surface area contributed by atoms with E-state index in [1.54, 1.807) is 0 Å². The summed E-state index contributed by atoms with van der Waals surface area (Å²) in [5, 5.41) is 3.65. The van der Waals surface area contributed by atoms with Crippen molar-refractivity contribution in [1.82, 2.24) is 0 Å². The van der Waals surface area contributed by atoms with Crippen molar-refractivity contribution in [1.29, 1.82) is 0 Å². The monoisotopic (exact) mass is 214 g/mol. The van der Waals surface area contributed by atoms with Gasteiger partial charge in [-0.15, -0.1) is 0 Å². The molecule has 0 spiro atoms. The van der Waals surface area contributed by atoms with Gasteiger partial charge in [-0.1, -0.05) is 12.1 Å². The average molecular weight is 214 g/mol. The second-order valence-corrected chi connectivity index (χ2v) is 5.82. The van der Waals surface area contributed by atoms with Gasteiger partial charge in [-0.05, 0) is 55.2 Å². The summed E-state index contributed by atoms with van der Waals surface area (Å²) in [4.78, 5) is 0. The van der Waals surface area contributed by atoms with E-state index < -0.39 is 0 Å². The Kier molecular flexibility index (Phi) is 1.59. The van der Waals surface area contributed by atoms with Crippen molar-refractivity contribution in [2.45, 2.75) is 43.7 Å². The topological polar surface area (TPSA) is 38.0 Å². The van der Waals surface area contributed by atoms with E-state index >= 15 is 0 Å². The SMILES string of the molecule is NC1(c2ccc3c(c2)CC2CCC2N3)CC1. The minimum absolute atomic E-state index is 0.0193. The molecule has 2 aliphatic carbocycles. The first-order chi connectivity index (χ1) is 7.74. The van der Waals surface area contributed by atoms with Crippen LogP contribution in [0.5, 0.6) is 0 Å². The quantitative estimate of drug-likeness (QED) is 0.753. The second-order valence-electron chi connectivity index (χ2n) is 5.82. The molecule has 16 heavy (non-hydrogen) atoms. The molecule has 4 rings (SSSR count). The molecule has 1 aromatic carbocycles. The summed E-state index contributed by atoms with van der Waals surface area (Å²) >= 11 is 0. The zero-order valence-electron chi connectivity index (χ0n) is 9.50. The predicted octanol–water partition coefficient (Wildman–Crippen LogP) is 2.38. The molecule has 0 aromatic heterocycles. The Morgan fingerprint density at radius 2 is 2.12 bits per heavy atom. The Morgan fingerprint density at radius 1 is 1.25 bits per heavy atom. The largest absolute Gasteiger partial charge is 0.382 e. The van der Waals surface area contributed by atoms with Crippen molar-refractivity contribution in [2.75, 3.05) is 5.32 Å². The third-order valence-corrected chi connectivity index (χ3v) is 4.71. The van der Waals surface area contributed by atoms with Crippen LogP contribution in [0.3, 0.4) is 0 Å². The Morgan fingerprint density at radius 3 is 2.81 bits per heavy atom. The number of nitrogens with one attached hydrogen (secondary N) is 1. The van der Waals surface area contributed by atoms with Crippen molar-refractivity contribution in [3.05, 3.63) is 29.3 Å². The summed E-state index contributed by atoms with van der Waals surface area (Å²) < 4.78 is 0. The van der Waals surface area contributed by atoms with E-state index in [0.29, 0.717) is 0 Å². The third kappa shape index (κ3) is 1.17. The van der Waals surface area contributed by atoms with E-state index in [-0.39, 0.29) is 5.54 Å². The minimum atomic E-state index is 0.0193. The molecule has 0 bridgehead atoms. The Hall–Kier alpha value is -1.02. The van der Waals surface area contributed by atoms with Gasteiger partial charge >= 0.3 is 0 Å². The van der Waals surface area contributed by atoms with Gasteiger partial charge in [0.2, 0.25) is 0 Å². The van der Waals surface area contributed by atoms with E-state index in [2.05, 4.69) is 23.5 Å². The van der Waals surface area contributed by atoms with Gasteiger partial charge in [0.25, 0.3) is 0 Å². The predicted molar refractivity (Wildman–Crippen MR) is 65.4 cm³/mol. The van der Waals surface area contributed by atoms with Crippen molar-refractivity contribution in [3.63, 3.8) is 0 Å². The van der Waals surface area contributed by atoms with Crippen LogP contribution >= 0.6 is 0 Å². The number of nitrogens with two attached hydrogens (primary N) is 1.